The van der Waals surface area contributed by atoms with Gasteiger partial charge in [-0.25, -0.2) is 9.97 Å². The summed E-state index contributed by atoms with van der Waals surface area (Å²) in [5.41, 5.74) is 2.23. The van der Waals surface area contributed by atoms with Gasteiger partial charge >= 0.3 is 0 Å². The molecule has 17 heavy (non-hydrogen) atoms. The van der Waals surface area contributed by atoms with Gasteiger partial charge in [0.15, 0.2) is 0 Å². The molecule has 1 aromatic carbocycles. The zero-order valence-electron chi connectivity index (χ0n) is 9.31. The van der Waals surface area contributed by atoms with Crippen molar-refractivity contribution in [2.24, 2.45) is 0 Å². The Morgan fingerprint density at radius 2 is 2.12 bits per heavy atom. The number of hydrogen-bond donors (Lipinski definition) is 0. The molecule has 2 rings (SSSR count). The van der Waals surface area contributed by atoms with Crippen LogP contribution in [0.1, 0.15) is 18.3 Å². The van der Waals surface area contributed by atoms with Gasteiger partial charge < -0.3 is 0 Å². The van der Waals surface area contributed by atoms with Gasteiger partial charge in [-0.15, -0.1) is 0 Å². The van der Waals surface area contributed by atoms with Gasteiger partial charge in [0.05, 0.1) is 17.3 Å². The van der Waals surface area contributed by atoms with Crippen molar-refractivity contribution >= 4 is 11.6 Å². The van der Waals surface area contributed by atoms with Gasteiger partial charge in [-0.3, -0.25) is 0 Å². The lowest BCUT2D eigenvalue weighted by molar-refractivity contribution is 0.943. The monoisotopic (exact) mass is 243 g/mol. The molecule has 1 aromatic heterocycles. The molecule has 0 amide bonds. The highest BCUT2D eigenvalue weighted by atomic mass is 35.5. The van der Waals surface area contributed by atoms with E-state index in [-0.39, 0.29) is 0 Å². The van der Waals surface area contributed by atoms with Gasteiger partial charge in [0.25, 0.3) is 0 Å². The van der Waals surface area contributed by atoms with E-state index in [1.165, 1.54) is 0 Å². The summed E-state index contributed by atoms with van der Waals surface area (Å²) in [5.74, 6) is 0.704. The Kier molecular flexibility index (Phi) is 3.36. The molecule has 0 saturated carbocycles. The highest BCUT2D eigenvalue weighted by molar-refractivity contribution is 6.29. The first-order valence-electron chi connectivity index (χ1n) is 5.27. The van der Waals surface area contributed by atoms with Crippen molar-refractivity contribution in [3.05, 3.63) is 46.9 Å². The molecule has 84 valence electrons. The summed E-state index contributed by atoms with van der Waals surface area (Å²) < 4.78 is 0. The standard InChI is InChI=1S/C13H10ClN3/c1-2-13-16-11(7-12(14)17-13)10-5-3-4-9(6-10)8-15/h3-7H,2H2,1H3. The van der Waals surface area contributed by atoms with Crippen LogP contribution in [-0.4, -0.2) is 9.97 Å². The molecule has 0 atom stereocenters. The van der Waals surface area contributed by atoms with Crippen LogP contribution in [0, 0.1) is 11.3 Å². The smallest absolute Gasteiger partial charge is 0.133 e. The topological polar surface area (TPSA) is 49.6 Å². The predicted molar refractivity (Wildman–Crippen MR) is 66.6 cm³/mol. The second-order valence-electron chi connectivity index (χ2n) is 3.54. The first-order chi connectivity index (χ1) is 8.22. The third kappa shape index (κ3) is 2.61. The summed E-state index contributed by atoms with van der Waals surface area (Å²) in [6.45, 7) is 1.97. The van der Waals surface area contributed by atoms with E-state index < -0.39 is 0 Å². The molecule has 0 unspecified atom stereocenters. The Morgan fingerprint density at radius 3 is 2.82 bits per heavy atom. The predicted octanol–water partition coefficient (Wildman–Crippen LogP) is 3.23. The highest BCUT2D eigenvalue weighted by Crippen LogP contribution is 2.21. The van der Waals surface area contributed by atoms with E-state index in [9.17, 15) is 0 Å². The Labute approximate surface area is 105 Å². The molecule has 1 heterocycles. The first kappa shape index (κ1) is 11.6. The molecule has 4 heteroatoms. The number of hydrogen-bond acceptors (Lipinski definition) is 3. The second-order valence-corrected chi connectivity index (χ2v) is 3.93. The molecule has 0 aliphatic carbocycles. The van der Waals surface area contributed by atoms with E-state index in [2.05, 4.69) is 16.0 Å². The second kappa shape index (κ2) is 4.94. The maximum absolute atomic E-state index is 8.86. The lowest BCUT2D eigenvalue weighted by Gasteiger charge is -2.04. The van der Waals surface area contributed by atoms with Gasteiger partial charge in [0.1, 0.15) is 11.0 Å². The van der Waals surface area contributed by atoms with Crippen molar-refractivity contribution in [3.63, 3.8) is 0 Å². The number of benzene rings is 1. The number of aryl methyl sites for hydroxylation is 1. The molecule has 0 N–H and O–H groups in total. The fourth-order valence-corrected chi connectivity index (χ4v) is 1.72. The summed E-state index contributed by atoms with van der Waals surface area (Å²) in [7, 11) is 0. The van der Waals surface area contributed by atoms with Gasteiger partial charge in [-0.05, 0) is 12.1 Å². The third-order valence-corrected chi connectivity index (χ3v) is 2.54. The molecule has 0 aliphatic heterocycles. The Bertz CT molecular complexity index is 587. The molecule has 0 bridgehead atoms. The summed E-state index contributed by atoms with van der Waals surface area (Å²) in [6, 6.07) is 11.1. The number of nitrogens with zero attached hydrogens (tertiary/aromatic N) is 3. The van der Waals surface area contributed by atoms with Gasteiger partial charge in [0.2, 0.25) is 0 Å². The lowest BCUT2D eigenvalue weighted by Crippen LogP contribution is -1.95. The lowest BCUT2D eigenvalue weighted by atomic mass is 10.1. The zero-order valence-corrected chi connectivity index (χ0v) is 10.1. The molecular formula is C13H10ClN3. The number of halogens is 1. The molecule has 0 fully saturated rings. The van der Waals surface area contributed by atoms with Crippen LogP contribution >= 0.6 is 11.6 Å². The van der Waals surface area contributed by atoms with Crippen LogP contribution in [0.2, 0.25) is 5.15 Å². The van der Waals surface area contributed by atoms with Crippen molar-refractivity contribution in [1.29, 1.82) is 5.26 Å². The molecule has 2 aromatic rings. The van der Waals surface area contributed by atoms with Gasteiger partial charge in [-0.1, -0.05) is 30.7 Å². The van der Waals surface area contributed by atoms with E-state index in [1.54, 1.807) is 18.2 Å². The van der Waals surface area contributed by atoms with E-state index >= 15 is 0 Å². The summed E-state index contributed by atoms with van der Waals surface area (Å²) in [5, 5.41) is 9.28. The van der Waals surface area contributed by atoms with E-state index in [0.29, 0.717) is 16.5 Å². The van der Waals surface area contributed by atoms with Crippen LogP contribution in [0.5, 0.6) is 0 Å². The van der Waals surface area contributed by atoms with E-state index in [1.807, 2.05) is 19.1 Å². The summed E-state index contributed by atoms with van der Waals surface area (Å²) >= 11 is 5.94. The molecule has 0 saturated heterocycles. The maximum Gasteiger partial charge on any atom is 0.133 e. The third-order valence-electron chi connectivity index (χ3n) is 2.34. The molecule has 0 radical (unpaired) electrons. The Balaban J connectivity index is 2.52. The Hall–Kier alpha value is -1.92. The highest BCUT2D eigenvalue weighted by Gasteiger charge is 2.05. The zero-order chi connectivity index (χ0) is 12.3. The van der Waals surface area contributed by atoms with Crippen LogP contribution in [0.25, 0.3) is 11.3 Å². The fraction of sp³-hybridized carbons (Fsp3) is 0.154. The van der Waals surface area contributed by atoms with Crippen molar-refractivity contribution in [2.75, 3.05) is 0 Å². The fourth-order valence-electron chi connectivity index (χ4n) is 1.52. The number of rotatable bonds is 2. The van der Waals surface area contributed by atoms with Crippen molar-refractivity contribution in [1.82, 2.24) is 9.97 Å². The van der Waals surface area contributed by atoms with Gasteiger partial charge in [0, 0.05) is 18.1 Å². The SMILES string of the molecule is CCc1nc(Cl)cc(-c2cccc(C#N)c2)n1. The Morgan fingerprint density at radius 1 is 1.29 bits per heavy atom. The molecule has 3 nitrogen and oxygen atoms in total. The normalized spacial score (nSPS) is 9.94. The van der Waals surface area contributed by atoms with E-state index in [0.717, 1.165) is 17.7 Å². The maximum atomic E-state index is 8.86. The molecule has 0 spiro atoms. The minimum atomic E-state index is 0.425. The minimum absolute atomic E-state index is 0.425. The van der Waals surface area contributed by atoms with Crippen molar-refractivity contribution in [2.45, 2.75) is 13.3 Å². The average molecular weight is 244 g/mol. The largest absolute Gasteiger partial charge is 0.233 e. The molecule has 0 aliphatic rings. The van der Waals surface area contributed by atoms with Crippen LogP contribution in [0.3, 0.4) is 0 Å². The first-order valence-corrected chi connectivity index (χ1v) is 5.64. The van der Waals surface area contributed by atoms with Crippen LogP contribution in [0.15, 0.2) is 30.3 Å². The number of aromatic nitrogens is 2. The van der Waals surface area contributed by atoms with Gasteiger partial charge in [-0.2, -0.15) is 5.26 Å². The molecular weight excluding hydrogens is 234 g/mol. The van der Waals surface area contributed by atoms with Crippen molar-refractivity contribution in [3.8, 4) is 17.3 Å². The van der Waals surface area contributed by atoms with Crippen LogP contribution in [0.4, 0.5) is 0 Å². The summed E-state index contributed by atoms with van der Waals surface area (Å²) in [4.78, 5) is 8.50. The average Bonchev–Trinajstić information content (AvgIpc) is 2.38. The quantitative estimate of drug-likeness (QED) is 0.761. The van der Waals surface area contributed by atoms with Crippen LogP contribution in [-0.2, 0) is 6.42 Å². The van der Waals surface area contributed by atoms with Crippen molar-refractivity contribution < 1.29 is 0 Å². The number of nitriles is 1. The minimum Gasteiger partial charge on any atom is -0.233 e. The summed E-state index contributed by atoms with van der Waals surface area (Å²) in [6.07, 6.45) is 0.728. The van der Waals surface area contributed by atoms with E-state index in [4.69, 9.17) is 16.9 Å². The van der Waals surface area contributed by atoms with Crippen LogP contribution < -0.4 is 0 Å².